The van der Waals surface area contributed by atoms with Gasteiger partial charge in [-0.3, -0.25) is 9.48 Å². The SMILES string of the molecule is CC(C)Cn1cc(C(=O)NC[C@](C)(O)C(F)(F)F)c(C(F)F)n1. The molecule has 1 aromatic heterocycles. The molecule has 0 aromatic carbocycles. The number of amides is 1. The van der Waals surface area contributed by atoms with Gasteiger partial charge in [0.25, 0.3) is 12.3 Å². The van der Waals surface area contributed by atoms with Crippen LogP contribution >= 0.6 is 0 Å². The van der Waals surface area contributed by atoms with Crippen molar-refractivity contribution in [2.45, 2.75) is 45.5 Å². The fourth-order valence-corrected chi connectivity index (χ4v) is 1.69. The normalized spacial score (nSPS) is 15.1. The molecule has 1 heterocycles. The number of halogens is 5. The summed E-state index contributed by atoms with van der Waals surface area (Å²) in [5, 5.41) is 14.6. The average molecular weight is 343 g/mol. The fraction of sp³-hybridized carbons (Fsp3) is 0.692. The van der Waals surface area contributed by atoms with Crippen LogP contribution in [0.4, 0.5) is 22.0 Å². The second-order valence-corrected chi connectivity index (χ2v) is 5.80. The summed E-state index contributed by atoms with van der Waals surface area (Å²) in [7, 11) is 0. The van der Waals surface area contributed by atoms with E-state index in [0.717, 1.165) is 10.9 Å². The molecule has 1 rings (SSSR count). The van der Waals surface area contributed by atoms with Crippen molar-refractivity contribution in [3.63, 3.8) is 0 Å². The lowest BCUT2D eigenvalue weighted by molar-refractivity contribution is -0.249. The Bertz CT molecular complexity index is 552. The lowest BCUT2D eigenvalue weighted by Gasteiger charge is -2.26. The molecule has 23 heavy (non-hydrogen) atoms. The Morgan fingerprint density at radius 1 is 1.39 bits per heavy atom. The number of nitrogens with zero attached hydrogens (tertiary/aromatic N) is 2. The van der Waals surface area contributed by atoms with Crippen molar-refractivity contribution in [1.29, 1.82) is 0 Å². The number of nitrogens with one attached hydrogen (secondary N) is 1. The molecule has 0 radical (unpaired) electrons. The molecule has 0 aliphatic carbocycles. The first-order valence-corrected chi connectivity index (χ1v) is 6.78. The summed E-state index contributed by atoms with van der Waals surface area (Å²) in [5.41, 5.74) is -4.49. The topological polar surface area (TPSA) is 67.2 Å². The highest BCUT2D eigenvalue weighted by molar-refractivity contribution is 5.95. The molecule has 0 fully saturated rings. The highest BCUT2D eigenvalue weighted by Gasteiger charge is 2.50. The molecule has 10 heteroatoms. The molecule has 0 unspecified atom stereocenters. The monoisotopic (exact) mass is 343 g/mol. The number of carbonyl (C=O) groups excluding carboxylic acids is 1. The van der Waals surface area contributed by atoms with Gasteiger partial charge in [-0.1, -0.05) is 13.8 Å². The van der Waals surface area contributed by atoms with Crippen molar-refractivity contribution in [1.82, 2.24) is 15.1 Å². The molecule has 0 aliphatic rings. The Labute approximate surface area is 129 Å². The second-order valence-electron chi connectivity index (χ2n) is 5.80. The van der Waals surface area contributed by atoms with Crippen LogP contribution in [0.25, 0.3) is 0 Å². The van der Waals surface area contributed by atoms with E-state index in [0.29, 0.717) is 6.92 Å². The van der Waals surface area contributed by atoms with Crippen LogP contribution in [-0.4, -0.2) is 39.1 Å². The molecule has 0 spiro atoms. The first-order valence-electron chi connectivity index (χ1n) is 6.78. The molecule has 0 bridgehead atoms. The molecular weight excluding hydrogens is 325 g/mol. The summed E-state index contributed by atoms with van der Waals surface area (Å²) in [6.45, 7) is 3.21. The van der Waals surface area contributed by atoms with Gasteiger partial charge >= 0.3 is 6.18 Å². The number of rotatable bonds is 6. The first-order chi connectivity index (χ1) is 10.3. The quantitative estimate of drug-likeness (QED) is 0.780. The molecule has 0 saturated carbocycles. The van der Waals surface area contributed by atoms with E-state index in [1.54, 1.807) is 0 Å². The number of aromatic nitrogens is 2. The van der Waals surface area contributed by atoms with Crippen molar-refractivity contribution in [3.05, 3.63) is 17.5 Å². The third-order valence-corrected chi connectivity index (χ3v) is 3.00. The van der Waals surface area contributed by atoms with E-state index in [4.69, 9.17) is 0 Å². The van der Waals surface area contributed by atoms with E-state index in [-0.39, 0.29) is 12.5 Å². The lowest BCUT2D eigenvalue weighted by Crippen LogP contribution is -2.51. The molecule has 1 amide bonds. The summed E-state index contributed by atoms with van der Waals surface area (Å²) in [6.07, 6.45) is -6.96. The third kappa shape index (κ3) is 4.88. The number of aliphatic hydroxyl groups is 1. The van der Waals surface area contributed by atoms with Crippen LogP contribution in [0.3, 0.4) is 0 Å². The van der Waals surface area contributed by atoms with Gasteiger partial charge in [0.15, 0.2) is 5.60 Å². The highest BCUT2D eigenvalue weighted by atomic mass is 19.4. The van der Waals surface area contributed by atoms with Gasteiger partial charge in [0, 0.05) is 12.7 Å². The van der Waals surface area contributed by atoms with Crippen LogP contribution < -0.4 is 5.32 Å². The molecule has 5 nitrogen and oxygen atoms in total. The highest BCUT2D eigenvalue weighted by Crippen LogP contribution is 2.29. The summed E-state index contributed by atoms with van der Waals surface area (Å²) in [5.74, 6) is -1.08. The van der Waals surface area contributed by atoms with Crippen molar-refractivity contribution in [2.75, 3.05) is 6.54 Å². The summed E-state index contributed by atoms with van der Waals surface area (Å²) < 4.78 is 64.5. The van der Waals surface area contributed by atoms with Gasteiger partial charge < -0.3 is 10.4 Å². The van der Waals surface area contributed by atoms with Crippen LogP contribution in [0, 0.1) is 5.92 Å². The maximum absolute atomic E-state index is 12.9. The van der Waals surface area contributed by atoms with Crippen molar-refractivity contribution in [3.8, 4) is 0 Å². The molecule has 0 saturated heterocycles. The number of hydrogen-bond donors (Lipinski definition) is 2. The van der Waals surface area contributed by atoms with E-state index in [9.17, 15) is 31.9 Å². The number of alkyl halides is 5. The largest absolute Gasteiger partial charge is 0.418 e. The van der Waals surface area contributed by atoms with E-state index < -0.39 is 41.9 Å². The van der Waals surface area contributed by atoms with E-state index in [2.05, 4.69) is 5.10 Å². The Kier molecular flexibility index (Phi) is 5.73. The zero-order valence-electron chi connectivity index (χ0n) is 12.8. The Hall–Kier alpha value is -1.71. The lowest BCUT2D eigenvalue weighted by atomic mass is 10.1. The molecule has 1 atom stereocenters. The Morgan fingerprint density at radius 2 is 1.96 bits per heavy atom. The predicted molar refractivity (Wildman–Crippen MR) is 71.0 cm³/mol. The van der Waals surface area contributed by atoms with Gasteiger partial charge in [-0.05, 0) is 12.8 Å². The van der Waals surface area contributed by atoms with Crippen LogP contribution in [-0.2, 0) is 6.54 Å². The molecule has 1 aromatic rings. The number of hydrogen-bond acceptors (Lipinski definition) is 3. The zero-order valence-corrected chi connectivity index (χ0v) is 12.8. The second kappa shape index (κ2) is 6.81. The van der Waals surface area contributed by atoms with Crippen LogP contribution in [0.5, 0.6) is 0 Å². The Morgan fingerprint density at radius 3 is 2.39 bits per heavy atom. The summed E-state index contributed by atoms with van der Waals surface area (Å²) in [6, 6.07) is 0. The maximum Gasteiger partial charge on any atom is 0.418 e. The van der Waals surface area contributed by atoms with Gasteiger partial charge in [-0.15, -0.1) is 0 Å². The van der Waals surface area contributed by atoms with E-state index in [1.165, 1.54) is 0 Å². The molecule has 0 aliphatic heterocycles. The van der Waals surface area contributed by atoms with Crippen molar-refractivity contribution in [2.24, 2.45) is 5.92 Å². The minimum absolute atomic E-state index is 0.0716. The van der Waals surface area contributed by atoms with Crippen LogP contribution in [0.15, 0.2) is 6.20 Å². The van der Waals surface area contributed by atoms with E-state index in [1.807, 2.05) is 19.2 Å². The molecular formula is C13H18F5N3O2. The van der Waals surface area contributed by atoms with Gasteiger partial charge in [0.05, 0.1) is 12.1 Å². The minimum Gasteiger partial charge on any atom is -0.379 e. The summed E-state index contributed by atoms with van der Waals surface area (Å²) >= 11 is 0. The minimum atomic E-state index is -4.96. The maximum atomic E-state index is 12.9. The predicted octanol–water partition coefficient (Wildman–Crippen LogP) is 2.52. The fourth-order valence-electron chi connectivity index (χ4n) is 1.69. The van der Waals surface area contributed by atoms with Gasteiger partial charge in [0.2, 0.25) is 0 Å². The van der Waals surface area contributed by atoms with Gasteiger partial charge in [0.1, 0.15) is 5.69 Å². The third-order valence-electron chi connectivity index (χ3n) is 3.00. The van der Waals surface area contributed by atoms with Crippen molar-refractivity contribution >= 4 is 5.91 Å². The van der Waals surface area contributed by atoms with Gasteiger partial charge in [-0.2, -0.15) is 18.3 Å². The average Bonchev–Trinajstić information content (AvgIpc) is 2.77. The molecule has 2 N–H and O–H groups in total. The van der Waals surface area contributed by atoms with Crippen LogP contribution in [0.1, 0.15) is 43.2 Å². The van der Waals surface area contributed by atoms with Crippen molar-refractivity contribution < 1.29 is 31.9 Å². The van der Waals surface area contributed by atoms with Gasteiger partial charge in [-0.25, -0.2) is 8.78 Å². The zero-order chi connectivity index (χ0) is 18.0. The first kappa shape index (κ1) is 19.3. The Balaban J connectivity index is 2.93. The van der Waals surface area contributed by atoms with Crippen LogP contribution in [0.2, 0.25) is 0 Å². The molecule has 132 valence electrons. The number of carbonyl (C=O) groups is 1. The van der Waals surface area contributed by atoms with E-state index >= 15 is 0 Å². The smallest absolute Gasteiger partial charge is 0.379 e. The standard InChI is InChI=1S/C13H18F5N3O2/c1-7(2)4-21-5-8(9(20-21)10(14)15)11(22)19-6-12(3,23)13(16,17)18/h5,7,10,23H,4,6H2,1-3H3,(H,19,22)/t12-/m0/s1. The summed E-state index contributed by atoms with van der Waals surface area (Å²) in [4.78, 5) is 11.9.